The van der Waals surface area contributed by atoms with E-state index in [1.807, 2.05) is 17.9 Å². The second-order valence-electron chi connectivity index (χ2n) is 5.44. The summed E-state index contributed by atoms with van der Waals surface area (Å²) >= 11 is 0. The smallest absolute Gasteiger partial charge is 0.0599 e. The van der Waals surface area contributed by atoms with Crippen molar-refractivity contribution in [1.82, 2.24) is 14.7 Å². The van der Waals surface area contributed by atoms with Gasteiger partial charge in [0.2, 0.25) is 0 Å². The highest BCUT2D eigenvalue weighted by atomic mass is 16.5. The van der Waals surface area contributed by atoms with Gasteiger partial charge < -0.3 is 10.5 Å². The zero-order valence-electron chi connectivity index (χ0n) is 12.2. The summed E-state index contributed by atoms with van der Waals surface area (Å²) < 4.78 is 7.55. The van der Waals surface area contributed by atoms with Gasteiger partial charge in [-0.3, -0.25) is 9.58 Å². The first-order valence-corrected chi connectivity index (χ1v) is 7.21. The summed E-state index contributed by atoms with van der Waals surface area (Å²) in [5.41, 5.74) is 7.41. The van der Waals surface area contributed by atoms with Gasteiger partial charge in [0.15, 0.2) is 0 Å². The molecule has 1 fully saturated rings. The van der Waals surface area contributed by atoms with Crippen LogP contribution < -0.4 is 5.73 Å². The van der Waals surface area contributed by atoms with Crippen molar-refractivity contribution >= 4 is 0 Å². The minimum Gasteiger partial charge on any atom is -0.378 e. The van der Waals surface area contributed by atoms with E-state index in [0.29, 0.717) is 6.10 Å². The zero-order chi connectivity index (χ0) is 13.8. The molecule has 2 atom stereocenters. The Labute approximate surface area is 115 Å². The summed E-state index contributed by atoms with van der Waals surface area (Å²) in [7, 11) is 1.95. The van der Waals surface area contributed by atoms with Gasteiger partial charge >= 0.3 is 0 Å². The van der Waals surface area contributed by atoms with Crippen LogP contribution in [-0.4, -0.2) is 46.5 Å². The average molecular weight is 266 g/mol. The van der Waals surface area contributed by atoms with Crippen LogP contribution in [0.1, 0.15) is 38.3 Å². The van der Waals surface area contributed by atoms with Crippen LogP contribution in [0.3, 0.4) is 0 Å². The Balaban J connectivity index is 2.01. The molecule has 1 aromatic heterocycles. The molecule has 0 aliphatic carbocycles. The molecule has 0 spiro atoms. The van der Waals surface area contributed by atoms with Gasteiger partial charge in [-0.15, -0.1) is 0 Å². The number of likely N-dealkylation sites (tertiary alicyclic amines) is 1. The van der Waals surface area contributed by atoms with E-state index in [0.717, 1.165) is 32.5 Å². The molecular formula is C14H26N4O. The van der Waals surface area contributed by atoms with E-state index in [1.165, 1.54) is 5.56 Å². The lowest BCUT2D eigenvalue weighted by Gasteiger charge is -2.38. The van der Waals surface area contributed by atoms with E-state index >= 15 is 0 Å². The van der Waals surface area contributed by atoms with Gasteiger partial charge in [-0.05, 0) is 26.7 Å². The molecule has 5 nitrogen and oxygen atoms in total. The molecule has 0 radical (unpaired) electrons. The SMILES string of the molecule is CCOC1CCN(C(c2cnn(C)c2)C(C)N)CC1. The number of rotatable bonds is 5. The zero-order valence-corrected chi connectivity index (χ0v) is 12.2. The standard InChI is InChI=1S/C14H26N4O/c1-4-19-13-5-7-18(8-6-13)14(11(2)15)12-9-16-17(3)10-12/h9-11,13-14H,4-8,15H2,1-3H3. The highest BCUT2D eigenvalue weighted by Gasteiger charge is 2.29. The molecule has 2 rings (SSSR count). The summed E-state index contributed by atoms with van der Waals surface area (Å²) in [6, 6.07) is 0.365. The average Bonchev–Trinajstić information content (AvgIpc) is 2.78. The lowest BCUT2D eigenvalue weighted by molar-refractivity contribution is 0.00118. The van der Waals surface area contributed by atoms with Crippen molar-refractivity contribution in [2.24, 2.45) is 12.8 Å². The van der Waals surface area contributed by atoms with Gasteiger partial charge in [0.25, 0.3) is 0 Å². The molecule has 2 unspecified atom stereocenters. The number of aromatic nitrogens is 2. The van der Waals surface area contributed by atoms with Crippen molar-refractivity contribution in [1.29, 1.82) is 0 Å². The Kier molecular flexibility index (Phi) is 4.96. The fourth-order valence-electron chi connectivity index (χ4n) is 3.00. The summed E-state index contributed by atoms with van der Waals surface area (Å²) in [6.45, 7) is 7.04. The Bertz CT molecular complexity index is 383. The fraction of sp³-hybridized carbons (Fsp3) is 0.786. The van der Waals surface area contributed by atoms with Crippen LogP contribution in [-0.2, 0) is 11.8 Å². The summed E-state index contributed by atoms with van der Waals surface area (Å²) in [6.07, 6.45) is 6.61. The van der Waals surface area contributed by atoms with Gasteiger partial charge in [-0.2, -0.15) is 5.10 Å². The maximum Gasteiger partial charge on any atom is 0.0599 e. The molecule has 108 valence electrons. The van der Waals surface area contributed by atoms with Crippen LogP contribution in [0.2, 0.25) is 0 Å². The molecule has 2 N–H and O–H groups in total. The van der Waals surface area contributed by atoms with E-state index in [4.69, 9.17) is 10.5 Å². The molecule has 0 bridgehead atoms. The molecule has 1 aliphatic heterocycles. The third kappa shape index (κ3) is 3.55. The molecule has 2 heterocycles. The topological polar surface area (TPSA) is 56.3 Å². The minimum absolute atomic E-state index is 0.104. The number of piperidine rings is 1. The number of hydrogen-bond acceptors (Lipinski definition) is 4. The van der Waals surface area contributed by atoms with E-state index in [-0.39, 0.29) is 12.1 Å². The van der Waals surface area contributed by atoms with Gasteiger partial charge in [0, 0.05) is 44.5 Å². The van der Waals surface area contributed by atoms with Gasteiger partial charge in [-0.1, -0.05) is 0 Å². The van der Waals surface area contributed by atoms with Crippen LogP contribution >= 0.6 is 0 Å². The first kappa shape index (κ1) is 14.5. The van der Waals surface area contributed by atoms with E-state index in [9.17, 15) is 0 Å². The Morgan fingerprint density at radius 3 is 2.63 bits per heavy atom. The van der Waals surface area contributed by atoms with Crippen LogP contribution in [0, 0.1) is 0 Å². The van der Waals surface area contributed by atoms with Crippen molar-refractivity contribution in [3.05, 3.63) is 18.0 Å². The quantitative estimate of drug-likeness (QED) is 0.873. The maximum absolute atomic E-state index is 6.19. The van der Waals surface area contributed by atoms with Crippen molar-refractivity contribution in [2.75, 3.05) is 19.7 Å². The first-order valence-electron chi connectivity index (χ1n) is 7.21. The molecule has 0 amide bonds. The molecule has 1 saturated heterocycles. The number of nitrogens with two attached hydrogens (primary N) is 1. The molecule has 5 heteroatoms. The second-order valence-corrected chi connectivity index (χ2v) is 5.44. The highest BCUT2D eigenvalue weighted by Crippen LogP contribution is 2.27. The van der Waals surface area contributed by atoms with Crippen LogP contribution in [0.15, 0.2) is 12.4 Å². The molecule has 19 heavy (non-hydrogen) atoms. The normalized spacial score (nSPS) is 21.5. The summed E-state index contributed by atoms with van der Waals surface area (Å²) in [4.78, 5) is 2.47. The number of hydrogen-bond donors (Lipinski definition) is 1. The predicted molar refractivity (Wildman–Crippen MR) is 75.8 cm³/mol. The summed E-state index contributed by atoms with van der Waals surface area (Å²) in [5, 5.41) is 4.27. The Hall–Kier alpha value is -0.910. The fourth-order valence-corrected chi connectivity index (χ4v) is 3.00. The van der Waals surface area contributed by atoms with Gasteiger partial charge in [-0.25, -0.2) is 0 Å². The number of aryl methyl sites for hydroxylation is 1. The van der Waals surface area contributed by atoms with Crippen molar-refractivity contribution in [3.8, 4) is 0 Å². The minimum atomic E-state index is 0.104. The predicted octanol–water partition coefficient (Wildman–Crippen LogP) is 1.31. The van der Waals surface area contributed by atoms with Crippen molar-refractivity contribution in [3.63, 3.8) is 0 Å². The highest BCUT2D eigenvalue weighted by molar-refractivity contribution is 5.13. The van der Waals surface area contributed by atoms with Crippen LogP contribution in [0.25, 0.3) is 0 Å². The number of ether oxygens (including phenoxy) is 1. The van der Waals surface area contributed by atoms with Crippen molar-refractivity contribution in [2.45, 2.75) is 44.9 Å². The molecule has 1 aliphatic rings. The lowest BCUT2D eigenvalue weighted by Crippen LogP contribution is -2.45. The largest absolute Gasteiger partial charge is 0.378 e. The molecular weight excluding hydrogens is 240 g/mol. The Morgan fingerprint density at radius 1 is 1.47 bits per heavy atom. The van der Waals surface area contributed by atoms with E-state index in [1.54, 1.807) is 0 Å². The van der Waals surface area contributed by atoms with Gasteiger partial charge in [0.05, 0.1) is 18.3 Å². The van der Waals surface area contributed by atoms with Crippen LogP contribution in [0.4, 0.5) is 0 Å². The maximum atomic E-state index is 6.19. The second kappa shape index (κ2) is 6.50. The van der Waals surface area contributed by atoms with Crippen LogP contribution in [0.5, 0.6) is 0 Å². The van der Waals surface area contributed by atoms with E-state index < -0.39 is 0 Å². The first-order chi connectivity index (χ1) is 9.11. The van der Waals surface area contributed by atoms with Crippen molar-refractivity contribution < 1.29 is 4.74 Å². The summed E-state index contributed by atoms with van der Waals surface area (Å²) in [5.74, 6) is 0. The van der Waals surface area contributed by atoms with Gasteiger partial charge in [0.1, 0.15) is 0 Å². The monoisotopic (exact) mass is 266 g/mol. The molecule has 0 aromatic carbocycles. The third-order valence-electron chi connectivity index (χ3n) is 3.84. The molecule has 0 saturated carbocycles. The molecule has 1 aromatic rings. The Morgan fingerprint density at radius 2 is 2.16 bits per heavy atom. The third-order valence-corrected chi connectivity index (χ3v) is 3.84. The van der Waals surface area contributed by atoms with E-state index in [2.05, 4.69) is 30.0 Å². The number of nitrogens with zero attached hydrogens (tertiary/aromatic N) is 3. The lowest BCUT2D eigenvalue weighted by atomic mass is 9.98.